The highest BCUT2D eigenvalue weighted by Crippen LogP contribution is 2.21. The summed E-state index contributed by atoms with van der Waals surface area (Å²) < 4.78 is 0. The smallest absolute Gasteiger partial charge is 0.169 e. The van der Waals surface area contributed by atoms with Gasteiger partial charge in [-0.2, -0.15) is 10.4 Å². The van der Waals surface area contributed by atoms with Gasteiger partial charge < -0.3 is 10.2 Å². The third kappa shape index (κ3) is 1.84. The van der Waals surface area contributed by atoms with Gasteiger partial charge in [-0.1, -0.05) is 0 Å². The first-order valence-corrected chi connectivity index (χ1v) is 5.43. The third-order valence-corrected chi connectivity index (χ3v) is 2.96. The van der Waals surface area contributed by atoms with E-state index in [2.05, 4.69) is 26.5 Å². The summed E-state index contributed by atoms with van der Waals surface area (Å²) in [5.74, 6) is 0.729. The summed E-state index contributed by atoms with van der Waals surface area (Å²) in [7, 11) is 0. The van der Waals surface area contributed by atoms with Gasteiger partial charge in [0.25, 0.3) is 0 Å². The monoisotopic (exact) mass is 217 g/mol. The molecule has 0 spiro atoms. The maximum Gasteiger partial charge on any atom is 0.169 e. The first-order chi connectivity index (χ1) is 7.74. The molecule has 0 unspecified atom stereocenters. The lowest BCUT2D eigenvalue weighted by Crippen LogP contribution is -2.44. The molecular formula is C11H15N5. The lowest BCUT2D eigenvalue weighted by Gasteiger charge is -2.28. The molecule has 0 amide bonds. The largest absolute Gasteiger partial charge is 0.351 e. The zero-order chi connectivity index (χ0) is 11.5. The molecular weight excluding hydrogens is 202 g/mol. The van der Waals surface area contributed by atoms with Gasteiger partial charge in [0.15, 0.2) is 5.82 Å². The van der Waals surface area contributed by atoms with Crippen LogP contribution in [0.25, 0.3) is 0 Å². The molecule has 1 aliphatic rings. The van der Waals surface area contributed by atoms with Crippen LogP contribution in [-0.2, 0) is 0 Å². The van der Waals surface area contributed by atoms with Crippen molar-refractivity contribution < 1.29 is 0 Å². The molecule has 1 aliphatic heterocycles. The quantitative estimate of drug-likeness (QED) is 0.736. The van der Waals surface area contributed by atoms with E-state index in [1.165, 1.54) is 0 Å². The average Bonchev–Trinajstić information content (AvgIpc) is 2.33. The minimum Gasteiger partial charge on any atom is -0.351 e. The number of anilines is 1. The molecule has 0 atom stereocenters. The molecule has 1 aromatic rings. The Hall–Kier alpha value is -1.67. The number of rotatable bonds is 1. The molecule has 2 heterocycles. The van der Waals surface area contributed by atoms with Crippen LogP contribution in [0.15, 0.2) is 0 Å². The summed E-state index contributed by atoms with van der Waals surface area (Å²) in [5.41, 5.74) is 2.43. The molecule has 1 saturated heterocycles. The fraction of sp³-hybridized carbons (Fsp3) is 0.545. The number of hydrogen-bond acceptors (Lipinski definition) is 5. The standard InChI is InChI=1S/C11H15N5/c1-8-9(2)14-15-11(10(8)7-12)16-5-3-13-4-6-16/h13H,3-6H2,1-2H3. The molecule has 0 saturated carbocycles. The van der Waals surface area contributed by atoms with Gasteiger partial charge in [-0.25, -0.2) is 0 Å². The zero-order valence-electron chi connectivity index (χ0n) is 9.62. The van der Waals surface area contributed by atoms with E-state index < -0.39 is 0 Å². The first kappa shape index (κ1) is 10.8. The number of nitrogens with one attached hydrogen (secondary N) is 1. The maximum absolute atomic E-state index is 9.19. The van der Waals surface area contributed by atoms with Crippen LogP contribution in [0, 0.1) is 25.2 Å². The van der Waals surface area contributed by atoms with E-state index in [-0.39, 0.29) is 0 Å². The predicted octanol–water partition coefficient (Wildman–Crippen LogP) is 0.375. The molecule has 16 heavy (non-hydrogen) atoms. The van der Waals surface area contributed by atoms with Gasteiger partial charge in [0.05, 0.1) is 5.69 Å². The number of nitrogens with zero attached hydrogens (tertiary/aromatic N) is 4. The molecule has 5 nitrogen and oxygen atoms in total. The molecule has 5 heteroatoms. The Labute approximate surface area is 95.1 Å². The maximum atomic E-state index is 9.19. The van der Waals surface area contributed by atoms with Crippen LogP contribution >= 0.6 is 0 Å². The predicted molar refractivity (Wildman–Crippen MR) is 61.3 cm³/mol. The number of aromatic nitrogens is 2. The molecule has 84 valence electrons. The van der Waals surface area contributed by atoms with Gasteiger partial charge in [-0.15, -0.1) is 5.10 Å². The second-order valence-corrected chi connectivity index (χ2v) is 3.96. The van der Waals surface area contributed by atoms with E-state index in [4.69, 9.17) is 0 Å². The average molecular weight is 217 g/mol. The van der Waals surface area contributed by atoms with Crippen molar-refractivity contribution in [1.29, 1.82) is 5.26 Å². The highest BCUT2D eigenvalue weighted by molar-refractivity contribution is 5.57. The summed E-state index contributed by atoms with van der Waals surface area (Å²) in [5, 5.41) is 20.7. The number of hydrogen-bond donors (Lipinski definition) is 1. The summed E-state index contributed by atoms with van der Waals surface area (Å²) in [6, 6.07) is 2.24. The Bertz CT molecular complexity index is 429. The van der Waals surface area contributed by atoms with Gasteiger partial charge >= 0.3 is 0 Å². The van der Waals surface area contributed by atoms with Gasteiger partial charge in [0.2, 0.25) is 0 Å². The third-order valence-electron chi connectivity index (χ3n) is 2.96. The van der Waals surface area contributed by atoms with Crippen LogP contribution in [-0.4, -0.2) is 36.4 Å². The van der Waals surface area contributed by atoms with Crippen molar-refractivity contribution in [2.75, 3.05) is 31.1 Å². The van der Waals surface area contributed by atoms with Gasteiger partial charge in [0.1, 0.15) is 11.6 Å². The summed E-state index contributed by atoms with van der Waals surface area (Å²) >= 11 is 0. The van der Waals surface area contributed by atoms with Crippen LogP contribution in [0.2, 0.25) is 0 Å². The molecule has 0 aliphatic carbocycles. The minimum absolute atomic E-state index is 0.661. The van der Waals surface area contributed by atoms with Crippen molar-refractivity contribution in [3.8, 4) is 6.07 Å². The molecule has 2 rings (SSSR count). The Morgan fingerprint density at radius 1 is 1.25 bits per heavy atom. The minimum atomic E-state index is 0.661. The van der Waals surface area contributed by atoms with Crippen molar-refractivity contribution in [3.05, 3.63) is 16.8 Å². The lowest BCUT2D eigenvalue weighted by atomic mass is 10.1. The van der Waals surface area contributed by atoms with Crippen LogP contribution in [0.5, 0.6) is 0 Å². The number of aryl methyl sites for hydroxylation is 1. The van der Waals surface area contributed by atoms with Crippen molar-refractivity contribution in [3.63, 3.8) is 0 Å². The van der Waals surface area contributed by atoms with Gasteiger partial charge in [0, 0.05) is 26.2 Å². The molecule has 0 aromatic carbocycles. The highest BCUT2D eigenvalue weighted by Gasteiger charge is 2.18. The van der Waals surface area contributed by atoms with Crippen LogP contribution in [0.3, 0.4) is 0 Å². The van der Waals surface area contributed by atoms with Crippen molar-refractivity contribution in [2.24, 2.45) is 0 Å². The summed E-state index contributed by atoms with van der Waals surface area (Å²) in [4.78, 5) is 2.12. The van der Waals surface area contributed by atoms with Crippen LogP contribution < -0.4 is 10.2 Å². The van der Waals surface area contributed by atoms with Crippen molar-refractivity contribution >= 4 is 5.82 Å². The van der Waals surface area contributed by atoms with Crippen LogP contribution in [0.4, 0.5) is 5.82 Å². The Kier molecular flexibility index (Phi) is 3.02. The molecule has 1 aromatic heterocycles. The molecule has 0 radical (unpaired) electrons. The fourth-order valence-corrected chi connectivity index (χ4v) is 1.83. The zero-order valence-corrected chi connectivity index (χ0v) is 9.62. The Balaban J connectivity index is 2.40. The van der Waals surface area contributed by atoms with E-state index in [0.29, 0.717) is 5.56 Å². The molecule has 1 N–H and O–H groups in total. The topological polar surface area (TPSA) is 64.8 Å². The fourth-order valence-electron chi connectivity index (χ4n) is 1.83. The van der Waals surface area contributed by atoms with Gasteiger partial charge in [-0.3, -0.25) is 0 Å². The lowest BCUT2D eigenvalue weighted by molar-refractivity contribution is 0.581. The second kappa shape index (κ2) is 4.45. The first-order valence-electron chi connectivity index (χ1n) is 5.43. The molecule has 0 bridgehead atoms. The highest BCUT2D eigenvalue weighted by atomic mass is 15.3. The van der Waals surface area contributed by atoms with E-state index >= 15 is 0 Å². The normalized spacial score (nSPS) is 15.9. The van der Waals surface area contributed by atoms with Crippen LogP contribution in [0.1, 0.15) is 16.8 Å². The van der Waals surface area contributed by atoms with E-state index in [1.807, 2.05) is 13.8 Å². The second-order valence-electron chi connectivity index (χ2n) is 3.96. The molecule has 1 fully saturated rings. The van der Waals surface area contributed by atoms with Gasteiger partial charge in [-0.05, 0) is 19.4 Å². The summed E-state index contributed by atoms with van der Waals surface area (Å²) in [6.45, 7) is 7.43. The number of nitriles is 1. The Morgan fingerprint density at radius 3 is 2.56 bits per heavy atom. The van der Waals surface area contributed by atoms with E-state index in [9.17, 15) is 5.26 Å². The van der Waals surface area contributed by atoms with E-state index in [0.717, 1.165) is 43.3 Å². The Morgan fingerprint density at radius 2 is 1.94 bits per heavy atom. The number of piperazine rings is 1. The van der Waals surface area contributed by atoms with Crippen molar-refractivity contribution in [1.82, 2.24) is 15.5 Å². The van der Waals surface area contributed by atoms with Crippen molar-refractivity contribution in [2.45, 2.75) is 13.8 Å². The summed E-state index contributed by atoms with van der Waals surface area (Å²) in [6.07, 6.45) is 0. The van der Waals surface area contributed by atoms with E-state index in [1.54, 1.807) is 0 Å². The SMILES string of the molecule is Cc1nnc(N2CCNCC2)c(C#N)c1C.